The summed E-state index contributed by atoms with van der Waals surface area (Å²) in [5.41, 5.74) is 1.23. The van der Waals surface area contributed by atoms with Crippen LogP contribution in [-0.4, -0.2) is 32.2 Å². The van der Waals surface area contributed by atoms with Gasteiger partial charge >= 0.3 is 10.3 Å². The first-order valence-electron chi connectivity index (χ1n) is 8.57. The van der Waals surface area contributed by atoms with Gasteiger partial charge in [0.05, 0.1) is 11.8 Å². The van der Waals surface area contributed by atoms with Gasteiger partial charge in [-0.15, -0.1) is 0 Å². The largest absolute Gasteiger partial charge is 0.489 e. The van der Waals surface area contributed by atoms with E-state index in [1.54, 1.807) is 6.07 Å². The lowest BCUT2D eigenvalue weighted by molar-refractivity contribution is 0.244. The molecule has 0 aliphatic heterocycles. The van der Waals surface area contributed by atoms with Crippen molar-refractivity contribution in [3.63, 3.8) is 0 Å². The normalized spacial score (nSPS) is 11.6. The van der Waals surface area contributed by atoms with Crippen molar-refractivity contribution >= 4 is 21.7 Å². The Hall–Kier alpha value is -1.47. The summed E-state index contributed by atoms with van der Waals surface area (Å²) >= 11 is 0. The van der Waals surface area contributed by atoms with Crippen LogP contribution in [-0.2, 0) is 10.3 Å². The highest BCUT2D eigenvalue weighted by atomic mass is 32.2. The van der Waals surface area contributed by atoms with E-state index >= 15 is 0 Å². The Balaban J connectivity index is 3.12. The molecule has 24 heavy (non-hydrogen) atoms. The molecule has 0 spiro atoms. The molecule has 0 saturated carbocycles. The van der Waals surface area contributed by atoms with Crippen LogP contribution in [0.25, 0.3) is 0 Å². The molecule has 0 heterocycles. The van der Waals surface area contributed by atoms with E-state index in [4.69, 9.17) is 9.29 Å². The smallest absolute Gasteiger partial charge is 0.357 e. The molecule has 0 atom stereocenters. The highest BCUT2D eigenvalue weighted by Crippen LogP contribution is 2.32. The maximum absolute atomic E-state index is 11.1. The number of hydrogen-bond acceptors (Lipinski definition) is 4. The highest BCUT2D eigenvalue weighted by Gasteiger charge is 2.15. The van der Waals surface area contributed by atoms with E-state index in [0.29, 0.717) is 5.75 Å². The molecule has 0 unspecified atom stereocenters. The van der Waals surface area contributed by atoms with Crippen LogP contribution in [0, 0.1) is 0 Å². The van der Waals surface area contributed by atoms with Crippen LogP contribution in [0.2, 0.25) is 0 Å². The minimum absolute atomic E-state index is 0.109. The summed E-state index contributed by atoms with van der Waals surface area (Å²) < 4.78 is 39.1. The van der Waals surface area contributed by atoms with Crippen molar-refractivity contribution in [2.75, 3.05) is 22.7 Å². The Morgan fingerprint density at radius 1 is 1.17 bits per heavy atom. The quantitative estimate of drug-likeness (QED) is 0.582. The van der Waals surface area contributed by atoms with Crippen LogP contribution in [0.5, 0.6) is 5.75 Å². The molecule has 0 bridgehead atoms. The van der Waals surface area contributed by atoms with Crippen LogP contribution in [0.4, 0.5) is 11.4 Å². The molecule has 0 aliphatic carbocycles. The molecular formula is C17H30N2O4S. The standard InChI is InChI=1S/C17H30N2O4S/c1-5-7-11-19(12-8-6-2)15-9-10-16(18-24(20,21)22)17(13-15)23-14(3)4/h9-10,13-14,18H,5-8,11-12H2,1-4H3,(H,20,21,22). The Morgan fingerprint density at radius 3 is 2.21 bits per heavy atom. The van der Waals surface area contributed by atoms with Crippen molar-refractivity contribution in [1.29, 1.82) is 0 Å². The molecule has 1 aromatic rings. The van der Waals surface area contributed by atoms with Crippen molar-refractivity contribution in [3.05, 3.63) is 18.2 Å². The Morgan fingerprint density at radius 2 is 1.75 bits per heavy atom. The first kappa shape index (κ1) is 20.6. The van der Waals surface area contributed by atoms with Gasteiger partial charge in [0.2, 0.25) is 0 Å². The molecule has 0 fully saturated rings. The third-order valence-corrected chi connectivity index (χ3v) is 3.97. The van der Waals surface area contributed by atoms with Gasteiger partial charge in [0.15, 0.2) is 0 Å². The van der Waals surface area contributed by atoms with Gasteiger partial charge in [0.1, 0.15) is 5.75 Å². The predicted octanol–water partition coefficient (Wildman–Crippen LogP) is 4.10. The van der Waals surface area contributed by atoms with Gasteiger partial charge in [-0.3, -0.25) is 9.27 Å². The van der Waals surface area contributed by atoms with E-state index in [-0.39, 0.29) is 11.8 Å². The van der Waals surface area contributed by atoms with Gasteiger partial charge in [-0.25, -0.2) is 0 Å². The fourth-order valence-corrected chi connectivity index (χ4v) is 2.80. The number of benzene rings is 1. The van der Waals surface area contributed by atoms with E-state index in [0.717, 1.165) is 44.5 Å². The first-order valence-corrected chi connectivity index (χ1v) is 10.0. The number of nitrogens with zero attached hydrogens (tertiary/aromatic N) is 1. The van der Waals surface area contributed by atoms with Crippen molar-refractivity contribution in [3.8, 4) is 5.75 Å². The van der Waals surface area contributed by atoms with Crippen LogP contribution < -0.4 is 14.4 Å². The van der Waals surface area contributed by atoms with Gasteiger partial charge < -0.3 is 9.64 Å². The lowest BCUT2D eigenvalue weighted by Crippen LogP contribution is -2.25. The fourth-order valence-electron chi connectivity index (χ4n) is 2.35. The van der Waals surface area contributed by atoms with Crippen LogP contribution >= 0.6 is 0 Å². The molecule has 1 rings (SSSR count). The lowest BCUT2D eigenvalue weighted by atomic mass is 10.2. The van der Waals surface area contributed by atoms with Gasteiger partial charge in [-0.1, -0.05) is 26.7 Å². The Kier molecular flexibility index (Phi) is 8.35. The van der Waals surface area contributed by atoms with Crippen molar-refractivity contribution in [2.45, 2.75) is 59.5 Å². The number of hydrogen-bond donors (Lipinski definition) is 2. The third-order valence-electron chi connectivity index (χ3n) is 3.50. The monoisotopic (exact) mass is 358 g/mol. The van der Waals surface area contributed by atoms with E-state index in [2.05, 4.69) is 23.5 Å². The van der Waals surface area contributed by atoms with E-state index in [9.17, 15) is 8.42 Å². The van der Waals surface area contributed by atoms with Crippen LogP contribution in [0.1, 0.15) is 53.4 Å². The molecular weight excluding hydrogens is 328 g/mol. The minimum Gasteiger partial charge on any atom is -0.489 e. The second-order valence-corrected chi connectivity index (χ2v) is 7.27. The fraction of sp³-hybridized carbons (Fsp3) is 0.647. The number of ether oxygens (including phenoxy) is 1. The molecule has 0 amide bonds. The van der Waals surface area contributed by atoms with Crippen LogP contribution in [0.3, 0.4) is 0 Å². The summed E-state index contributed by atoms with van der Waals surface area (Å²) in [6.45, 7) is 9.95. The van der Waals surface area contributed by atoms with Crippen LogP contribution in [0.15, 0.2) is 18.2 Å². The van der Waals surface area contributed by atoms with Gasteiger partial charge in [0.25, 0.3) is 0 Å². The Labute approximate surface area is 146 Å². The van der Waals surface area contributed by atoms with Gasteiger partial charge in [-0.05, 0) is 38.8 Å². The first-order chi connectivity index (χ1) is 11.3. The summed E-state index contributed by atoms with van der Waals surface area (Å²) in [6.07, 6.45) is 4.30. The molecule has 2 N–H and O–H groups in total. The lowest BCUT2D eigenvalue weighted by Gasteiger charge is -2.26. The van der Waals surface area contributed by atoms with Gasteiger partial charge in [0, 0.05) is 24.8 Å². The molecule has 0 radical (unpaired) electrons. The zero-order valence-corrected chi connectivity index (χ0v) is 15.9. The SMILES string of the molecule is CCCCN(CCCC)c1ccc(NS(=O)(=O)O)c(OC(C)C)c1. The number of anilines is 2. The number of unbranched alkanes of at least 4 members (excludes halogenated alkanes) is 2. The zero-order chi connectivity index (χ0) is 18.2. The van der Waals surface area contributed by atoms with Crippen molar-refractivity contribution in [1.82, 2.24) is 0 Å². The summed E-state index contributed by atoms with van der Waals surface area (Å²) in [5.74, 6) is 0.415. The topological polar surface area (TPSA) is 78.9 Å². The molecule has 138 valence electrons. The molecule has 0 saturated heterocycles. The Bertz CT molecular complexity index is 595. The van der Waals surface area contributed by atoms with E-state index < -0.39 is 10.3 Å². The number of rotatable bonds is 11. The maximum atomic E-state index is 11.1. The summed E-state index contributed by atoms with van der Waals surface area (Å²) in [6, 6.07) is 5.32. The summed E-state index contributed by atoms with van der Waals surface area (Å²) in [7, 11) is -4.34. The van der Waals surface area contributed by atoms with Crippen molar-refractivity contribution < 1.29 is 17.7 Å². The second-order valence-electron chi connectivity index (χ2n) is 6.12. The van der Waals surface area contributed by atoms with Crippen molar-refractivity contribution in [2.24, 2.45) is 0 Å². The average molecular weight is 359 g/mol. The highest BCUT2D eigenvalue weighted by molar-refractivity contribution is 7.87. The molecule has 0 aromatic heterocycles. The number of nitrogens with one attached hydrogen (secondary N) is 1. The average Bonchev–Trinajstić information content (AvgIpc) is 2.47. The minimum atomic E-state index is -4.34. The van der Waals surface area contributed by atoms with Gasteiger partial charge in [-0.2, -0.15) is 8.42 Å². The molecule has 6 nitrogen and oxygen atoms in total. The summed E-state index contributed by atoms with van der Waals surface area (Å²) in [5, 5.41) is 0. The predicted molar refractivity (Wildman–Crippen MR) is 99.4 cm³/mol. The zero-order valence-electron chi connectivity index (χ0n) is 15.1. The molecule has 1 aromatic carbocycles. The summed E-state index contributed by atoms with van der Waals surface area (Å²) in [4.78, 5) is 2.29. The molecule has 7 heteroatoms. The maximum Gasteiger partial charge on any atom is 0.357 e. The van der Waals surface area contributed by atoms with E-state index in [1.165, 1.54) is 0 Å². The van der Waals surface area contributed by atoms with E-state index in [1.807, 2.05) is 26.0 Å². The second kappa shape index (κ2) is 9.74. The third kappa shape index (κ3) is 7.40. The molecule has 0 aliphatic rings.